The van der Waals surface area contributed by atoms with Gasteiger partial charge in [0.2, 0.25) is 10.0 Å². The van der Waals surface area contributed by atoms with Gasteiger partial charge in [-0.25, -0.2) is 27.9 Å². The SMILES string of the molecule is CNS(=O)(=O)c1ccc(NC(=O)NCc2cn3c(n2)CCCC3)nc1. The van der Waals surface area contributed by atoms with Gasteiger partial charge in [0.25, 0.3) is 0 Å². The second-order valence-electron chi connectivity index (χ2n) is 5.69. The molecule has 3 rings (SSSR count). The van der Waals surface area contributed by atoms with Gasteiger partial charge in [-0.2, -0.15) is 0 Å². The predicted octanol–water partition coefficient (Wildman–Crippen LogP) is 0.844. The summed E-state index contributed by atoms with van der Waals surface area (Å²) < 4.78 is 27.6. The minimum atomic E-state index is -3.54. The third-order valence-corrected chi connectivity index (χ3v) is 5.35. The van der Waals surface area contributed by atoms with E-state index < -0.39 is 16.1 Å². The zero-order valence-electron chi connectivity index (χ0n) is 13.8. The number of anilines is 1. The van der Waals surface area contributed by atoms with Crippen molar-refractivity contribution in [3.05, 3.63) is 36.0 Å². The second-order valence-corrected chi connectivity index (χ2v) is 7.58. The molecule has 3 N–H and O–H groups in total. The fourth-order valence-electron chi connectivity index (χ4n) is 2.62. The third kappa shape index (κ3) is 4.15. The molecule has 2 aromatic rings. The molecule has 0 saturated heterocycles. The number of sulfonamides is 1. The van der Waals surface area contributed by atoms with Crippen LogP contribution in [-0.4, -0.2) is 36.0 Å². The Morgan fingerprint density at radius 2 is 2.16 bits per heavy atom. The Bertz CT molecular complexity index is 836. The van der Waals surface area contributed by atoms with E-state index in [-0.39, 0.29) is 10.7 Å². The summed E-state index contributed by atoms with van der Waals surface area (Å²) in [4.78, 5) is 20.4. The quantitative estimate of drug-likeness (QED) is 0.727. The monoisotopic (exact) mass is 364 g/mol. The Labute approximate surface area is 145 Å². The highest BCUT2D eigenvalue weighted by Crippen LogP contribution is 2.14. The van der Waals surface area contributed by atoms with Gasteiger partial charge in [0, 0.05) is 25.4 Å². The third-order valence-electron chi connectivity index (χ3n) is 3.95. The second kappa shape index (κ2) is 7.19. The van der Waals surface area contributed by atoms with Gasteiger partial charge in [0.05, 0.1) is 12.2 Å². The molecule has 0 radical (unpaired) electrons. The molecule has 0 bridgehead atoms. The first-order chi connectivity index (χ1) is 12.0. The van der Waals surface area contributed by atoms with Crippen molar-refractivity contribution in [3.8, 4) is 0 Å². The van der Waals surface area contributed by atoms with Crippen molar-refractivity contribution in [3.63, 3.8) is 0 Å². The number of carbonyl (C=O) groups excluding carboxylic acids is 1. The van der Waals surface area contributed by atoms with Crippen LogP contribution in [-0.2, 0) is 29.5 Å². The van der Waals surface area contributed by atoms with Crippen molar-refractivity contribution in [1.29, 1.82) is 0 Å². The van der Waals surface area contributed by atoms with E-state index >= 15 is 0 Å². The molecule has 0 fully saturated rings. The van der Waals surface area contributed by atoms with Gasteiger partial charge >= 0.3 is 6.03 Å². The van der Waals surface area contributed by atoms with Crippen LogP contribution in [0.5, 0.6) is 0 Å². The molecule has 1 aliphatic heterocycles. The maximum atomic E-state index is 11.9. The Kier molecular flexibility index (Phi) is 5.00. The van der Waals surface area contributed by atoms with Crippen molar-refractivity contribution in [2.75, 3.05) is 12.4 Å². The molecule has 1 aliphatic rings. The summed E-state index contributed by atoms with van der Waals surface area (Å²) in [5.74, 6) is 1.32. The number of nitrogens with one attached hydrogen (secondary N) is 3. The average Bonchev–Trinajstić information content (AvgIpc) is 3.03. The lowest BCUT2D eigenvalue weighted by Crippen LogP contribution is -2.28. The Hall–Kier alpha value is -2.46. The number of urea groups is 1. The first kappa shape index (κ1) is 17.4. The first-order valence-electron chi connectivity index (χ1n) is 7.97. The number of nitrogens with zero attached hydrogens (tertiary/aromatic N) is 3. The molecule has 0 spiro atoms. The number of hydrogen-bond donors (Lipinski definition) is 3. The summed E-state index contributed by atoms with van der Waals surface area (Å²) in [7, 11) is -2.22. The number of fused-ring (bicyclic) bond motifs is 1. The molecule has 2 amide bonds. The van der Waals surface area contributed by atoms with E-state index in [2.05, 4.69) is 29.9 Å². The molecule has 0 aromatic carbocycles. The Morgan fingerprint density at radius 3 is 2.84 bits per heavy atom. The molecule has 2 aromatic heterocycles. The van der Waals surface area contributed by atoms with Gasteiger partial charge in [-0.3, -0.25) is 5.32 Å². The van der Waals surface area contributed by atoms with Crippen LogP contribution >= 0.6 is 0 Å². The fourth-order valence-corrected chi connectivity index (χ4v) is 3.29. The van der Waals surface area contributed by atoms with Crippen LogP contribution in [0, 0.1) is 0 Å². The lowest BCUT2D eigenvalue weighted by Gasteiger charge is -2.11. The number of amides is 2. The number of hydrogen-bond acceptors (Lipinski definition) is 5. The summed E-state index contributed by atoms with van der Waals surface area (Å²) in [6.07, 6.45) is 6.42. The van der Waals surface area contributed by atoms with Gasteiger partial charge in [0.15, 0.2) is 0 Å². The van der Waals surface area contributed by atoms with Crippen molar-refractivity contribution >= 4 is 21.9 Å². The summed E-state index contributed by atoms with van der Waals surface area (Å²) >= 11 is 0. The molecule has 0 unspecified atom stereocenters. The van der Waals surface area contributed by atoms with Crippen LogP contribution in [0.15, 0.2) is 29.4 Å². The molecule has 134 valence electrons. The summed E-state index contributed by atoms with van der Waals surface area (Å²) in [5, 5.41) is 5.28. The van der Waals surface area contributed by atoms with E-state index in [1.165, 1.54) is 25.4 Å². The van der Waals surface area contributed by atoms with Crippen molar-refractivity contribution < 1.29 is 13.2 Å². The topological polar surface area (TPSA) is 118 Å². The van der Waals surface area contributed by atoms with E-state index in [0.717, 1.165) is 37.3 Å². The van der Waals surface area contributed by atoms with Gasteiger partial charge in [-0.1, -0.05) is 0 Å². The number of aromatic nitrogens is 3. The highest BCUT2D eigenvalue weighted by molar-refractivity contribution is 7.89. The smallest absolute Gasteiger partial charge is 0.320 e. The van der Waals surface area contributed by atoms with Crippen molar-refractivity contribution in [2.24, 2.45) is 0 Å². The van der Waals surface area contributed by atoms with E-state index in [9.17, 15) is 13.2 Å². The minimum Gasteiger partial charge on any atom is -0.335 e. The number of imidazole rings is 1. The van der Waals surface area contributed by atoms with E-state index in [4.69, 9.17) is 0 Å². The van der Waals surface area contributed by atoms with Gasteiger partial charge < -0.3 is 9.88 Å². The number of aryl methyl sites for hydroxylation is 2. The summed E-state index contributed by atoms with van der Waals surface area (Å²) in [6.45, 7) is 1.29. The first-order valence-corrected chi connectivity index (χ1v) is 9.45. The predicted molar refractivity (Wildman–Crippen MR) is 91.5 cm³/mol. The lowest BCUT2D eigenvalue weighted by molar-refractivity contribution is 0.251. The fraction of sp³-hybridized carbons (Fsp3) is 0.400. The standard InChI is InChI=1S/C15H20N6O3S/c1-16-25(23,24)12-5-6-13(17-9-12)20-15(22)18-8-11-10-21-7-3-2-4-14(21)19-11/h5-6,9-10,16H,2-4,7-8H2,1H3,(H2,17,18,20,22). The van der Waals surface area contributed by atoms with Crippen molar-refractivity contribution in [1.82, 2.24) is 24.6 Å². The zero-order valence-corrected chi connectivity index (χ0v) is 14.6. The molecular formula is C15H20N6O3S. The van der Waals surface area contributed by atoms with Crippen LogP contribution in [0.4, 0.5) is 10.6 Å². The van der Waals surface area contributed by atoms with Crippen LogP contribution in [0.3, 0.4) is 0 Å². The summed E-state index contributed by atoms with van der Waals surface area (Å²) in [5.41, 5.74) is 0.815. The van der Waals surface area contributed by atoms with Crippen LogP contribution < -0.4 is 15.4 Å². The highest BCUT2D eigenvalue weighted by atomic mass is 32.2. The molecular weight excluding hydrogens is 344 g/mol. The maximum Gasteiger partial charge on any atom is 0.320 e. The van der Waals surface area contributed by atoms with Gasteiger partial charge in [-0.15, -0.1) is 0 Å². The normalized spacial score (nSPS) is 14.0. The number of pyridine rings is 1. The molecule has 25 heavy (non-hydrogen) atoms. The summed E-state index contributed by atoms with van der Waals surface area (Å²) in [6, 6.07) is 2.37. The van der Waals surface area contributed by atoms with E-state index in [0.29, 0.717) is 6.54 Å². The highest BCUT2D eigenvalue weighted by Gasteiger charge is 2.14. The molecule has 0 aliphatic carbocycles. The lowest BCUT2D eigenvalue weighted by atomic mass is 10.2. The van der Waals surface area contributed by atoms with Crippen LogP contribution in [0.1, 0.15) is 24.4 Å². The molecule has 0 saturated carbocycles. The molecule has 0 atom stereocenters. The number of carbonyl (C=O) groups is 1. The van der Waals surface area contributed by atoms with Crippen LogP contribution in [0.2, 0.25) is 0 Å². The molecule has 9 nitrogen and oxygen atoms in total. The molecule has 10 heteroatoms. The zero-order chi connectivity index (χ0) is 17.9. The van der Waals surface area contributed by atoms with Crippen molar-refractivity contribution in [2.45, 2.75) is 37.2 Å². The maximum absolute atomic E-state index is 11.9. The van der Waals surface area contributed by atoms with E-state index in [1.54, 1.807) is 0 Å². The average molecular weight is 364 g/mol. The van der Waals surface area contributed by atoms with Crippen LogP contribution in [0.25, 0.3) is 0 Å². The van der Waals surface area contributed by atoms with E-state index in [1.807, 2.05) is 6.20 Å². The Morgan fingerprint density at radius 1 is 1.32 bits per heavy atom. The van der Waals surface area contributed by atoms with Gasteiger partial charge in [0.1, 0.15) is 16.5 Å². The molecule has 3 heterocycles. The minimum absolute atomic E-state index is 0.0320. The largest absolute Gasteiger partial charge is 0.335 e. The number of rotatable bonds is 5. The Balaban J connectivity index is 1.55. The van der Waals surface area contributed by atoms with Gasteiger partial charge in [-0.05, 0) is 32.0 Å².